The lowest BCUT2D eigenvalue weighted by atomic mass is 9.96. The van der Waals surface area contributed by atoms with Crippen molar-refractivity contribution in [2.45, 2.75) is 101 Å². The first-order valence-corrected chi connectivity index (χ1v) is 22.3. The summed E-state index contributed by atoms with van der Waals surface area (Å²) in [6.07, 6.45) is -7.93. The molecule has 2 heterocycles. The molecule has 8 rings (SSSR count). The van der Waals surface area contributed by atoms with Gasteiger partial charge in [-0.25, -0.2) is 0 Å². The third-order valence-corrected chi connectivity index (χ3v) is 11.3. The predicted octanol–water partition coefficient (Wildman–Crippen LogP) is 9.80. The van der Waals surface area contributed by atoms with E-state index >= 15 is 0 Å². The molecule has 0 radical (unpaired) electrons. The Hall–Kier alpha value is -5.34. The van der Waals surface area contributed by atoms with Crippen molar-refractivity contribution in [1.29, 1.82) is 0 Å². The average Bonchev–Trinajstić information content (AvgIpc) is 3.41. The van der Waals surface area contributed by atoms with E-state index in [1.807, 2.05) is 146 Å². The molecule has 0 amide bonds. The molecule has 0 bridgehead atoms. The normalized spacial score (nSPS) is 27.4. The first-order valence-electron chi connectivity index (χ1n) is 24.0. The maximum absolute atomic E-state index is 9.31. The number of ether oxygens (including phenoxy) is 10. The van der Waals surface area contributed by atoms with E-state index in [-0.39, 0.29) is 26.4 Å². The molecule has 0 saturated carbocycles. The van der Waals surface area contributed by atoms with Crippen molar-refractivity contribution in [2.75, 3.05) is 13.7 Å². The van der Waals surface area contributed by atoms with Crippen molar-refractivity contribution in [3.8, 4) is 0 Å². The lowest BCUT2D eigenvalue weighted by Gasteiger charge is -2.47. The van der Waals surface area contributed by atoms with Gasteiger partial charge in [0.1, 0.15) is 48.8 Å². The van der Waals surface area contributed by atoms with Gasteiger partial charge in [0.05, 0.1) is 50.3 Å². The van der Waals surface area contributed by atoms with Crippen LogP contribution in [0.5, 0.6) is 0 Å². The fourth-order valence-electron chi connectivity index (χ4n) is 7.94. The lowest BCUT2D eigenvalue weighted by Crippen LogP contribution is -2.63. The molecule has 2 saturated heterocycles. The number of hydrogen-bond donors (Lipinski definition) is 0. The van der Waals surface area contributed by atoms with Crippen LogP contribution in [0.2, 0.25) is 0 Å². The van der Waals surface area contributed by atoms with Crippen LogP contribution in [-0.4, -0.2) is 75.1 Å². The number of rotatable bonds is 23. The van der Waals surface area contributed by atoms with Gasteiger partial charge in [-0.15, -0.1) is 6.58 Å². The molecule has 2 aliphatic heterocycles. The van der Waals surface area contributed by atoms with Crippen LogP contribution in [0.4, 0.5) is 0 Å². The molecule has 0 aromatic heterocycles. The standard InChI is InChI=1S/C56H60O10/c1-3-47-49(58-34-41-22-10-4-11-23-41)51(60-36-43-26-14-6-15-27-43)54(63-39-46-32-20-9-21-33-46)56(65-47)64-40-48-50(59-35-42-24-12-5-13-25-42)52(61-37-44-28-16-7-17-29-44)53(55(57-2)66-48)62-38-45-30-18-8-19-31-45/h3-33,47-56H,1,34-40H2,2H3/t47-,48-,49-,50-,51+,52+,53-,54-,55?,56+/m1/s1/i35D,37D,38D/t35?,37?,38?,47-,48-,49-,50-,51+,52+,53-,54-,55?,56+. The van der Waals surface area contributed by atoms with Crippen molar-refractivity contribution in [3.63, 3.8) is 0 Å². The molecule has 2 fully saturated rings. The van der Waals surface area contributed by atoms with Gasteiger partial charge in [0, 0.05) is 7.11 Å². The van der Waals surface area contributed by atoms with Gasteiger partial charge in [0.2, 0.25) is 0 Å². The largest absolute Gasteiger partial charge is 0.368 e. The number of hydrogen-bond acceptors (Lipinski definition) is 10. The van der Waals surface area contributed by atoms with E-state index in [1.165, 1.54) is 7.11 Å². The fourth-order valence-corrected chi connectivity index (χ4v) is 7.94. The third kappa shape index (κ3) is 13.2. The Kier molecular flexibility index (Phi) is 16.4. The van der Waals surface area contributed by atoms with Crippen LogP contribution in [0.1, 0.15) is 37.5 Å². The van der Waals surface area contributed by atoms with Crippen LogP contribution in [0.15, 0.2) is 195 Å². The summed E-state index contributed by atoms with van der Waals surface area (Å²) in [4.78, 5) is 0. The molecule has 0 aliphatic carbocycles. The quantitative estimate of drug-likeness (QED) is 0.0580. The minimum atomic E-state index is -1.23. The van der Waals surface area contributed by atoms with Gasteiger partial charge < -0.3 is 47.4 Å². The van der Waals surface area contributed by atoms with Gasteiger partial charge in [0.15, 0.2) is 12.6 Å². The summed E-state index contributed by atoms with van der Waals surface area (Å²) in [7, 11) is 1.47. The summed E-state index contributed by atoms with van der Waals surface area (Å²) in [6.45, 7) is 1.03. The van der Waals surface area contributed by atoms with Gasteiger partial charge in [-0.1, -0.05) is 188 Å². The van der Waals surface area contributed by atoms with E-state index < -0.39 is 81.2 Å². The van der Waals surface area contributed by atoms with Gasteiger partial charge in [-0.05, 0) is 33.4 Å². The predicted molar refractivity (Wildman–Crippen MR) is 251 cm³/mol. The molecule has 4 unspecified atom stereocenters. The second-order valence-corrected chi connectivity index (χ2v) is 16.0. The molecule has 13 atom stereocenters. The summed E-state index contributed by atoms with van der Waals surface area (Å²) in [6, 6.07) is 56.9. The van der Waals surface area contributed by atoms with E-state index in [0.717, 1.165) is 16.7 Å². The van der Waals surface area contributed by atoms with E-state index in [0.29, 0.717) is 16.7 Å². The topological polar surface area (TPSA) is 92.3 Å². The average molecular weight is 896 g/mol. The highest BCUT2D eigenvalue weighted by atomic mass is 16.7. The van der Waals surface area contributed by atoms with Crippen LogP contribution in [-0.2, 0) is 86.9 Å². The first kappa shape index (κ1) is 43.2. The van der Waals surface area contributed by atoms with Gasteiger partial charge in [-0.3, -0.25) is 0 Å². The Morgan fingerprint density at radius 3 is 1.18 bits per heavy atom. The summed E-state index contributed by atoms with van der Waals surface area (Å²) < 4.78 is 94.3. The molecule has 6 aromatic carbocycles. The Balaban J connectivity index is 1.14. The van der Waals surface area contributed by atoms with E-state index in [1.54, 1.807) is 42.5 Å². The molecule has 0 spiro atoms. The molecule has 6 aromatic rings. The summed E-state index contributed by atoms with van der Waals surface area (Å²) >= 11 is 0. The zero-order chi connectivity index (χ0) is 47.8. The molecule has 10 nitrogen and oxygen atoms in total. The Morgan fingerprint density at radius 1 is 0.409 bits per heavy atom. The summed E-state index contributed by atoms with van der Waals surface area (Å²) in [5.41, 5.74) is 4.60. The van der Waals surface area contributed by atoms with Crippen molar-refractivity contribution in [1.82, 2.24) is 0 Å². The monoisotopic (exact) mass is 895 g/mol. The fraction of sp³-hybridized carbons (Fsp3) is 0.321. The molecule has 66 heavy (non-hydrogen) atoms. The Morgan fingerprint density at radius 2 is 0.758 bits per heavy atom. The highest BCUT2D eigenvalue weighted by molar-refractivity contribution is 5.18. The maximum atomic E-state index is 9.31. The lowest BCUT2D eigenvalue weighted by molar-refractivity contribution is -0.345. The zero-order valence-corrected chi connectivity index (χ0v) is 37.0. The molecular formula is C56H60O10. The van der Waals surface area contributed by atoms with Crippen molar-refractivity contribution in [3.05, 3.63) is 228 Å². The van der Waals surface area contributed by atoms with Crippen LogP contribution >= 0.6 is 0 Å². The zero-order valence-electron chi connectivity index (χ0n) is 40.0. The second kappa shape index (κ2) is 25.0. The first-order chi connectivity index (χ1) is 33.9. The molecule has 0 N–H and O–H groups in total. The van der Waals surface area contributed by atoms with Crippen molar-refractivity contribution in [2.24, 2.45) is 0 Å². The Bertz CT molecular complexity index is 2380. The molecule has 2 aliphatic rings. The SMILES string of the molecule is [2H]C(O[C@H]1[C@H](OC([2H])c2ccccc2)[C@@H](OC([2H])c2ccccc2)C(OC)O[C@@H]1CO[C@H]1O[C@H](C=C)[C@@H](OCc2ccccc2)[C@H](OCc2ccccc2)[C@H]1OCc1ccccc1)c1ccccc1. The molecule has 344 valence electrons. The number of methoxy groups -OCH3 is 1. The minimum Gasteiger partial charge on any atom is -0.368 e. The van der Waals surface area contributed by atoms with Gasteiger partial charge in [0.25, 0.3) is 0 Å². The van der Waals surface area contributed by atoms with Gasteiger partial charge >= 0.3 is 0 Å². The molecular weight excluding hydrogens is 833 g/mol. The molecule has 10 heteroatoms. The third-order valence-electron chi connectivity index (χ3n) is 11.3. The van der Waals surface area contributed by atoms with E-state index in [2.05, 4.69) is 6.58 Å². The second-order valence-electron chi connectivity index (χ2n) is 16.0. The van der Waals surface area contributed by atoms with Crippen LogP contribution in [0.25, 0.3) is 0 Å². The van der Waals surface area contributed by atoms with Crippen LogP contribution in [0, 0.1) is 0 Å². The van der Waals surface area contributed by atoms with Crippen LogP contribution in [0.3, 0.4) is 0 Å². The maximum Gasteiger partial charge on any atom is 0.187 e. The summed E-state index contributed by atoms with van der Waals surface area (Å²) in [5.74, 6) is 0. The van der Waals surface area contributed by atoms with E-state index in [4.69, 9.17) is 48.7 Å². The smallest absolute Gasteiger partial charge is 0.187 e. The van der Waals surface area contributed by atoms with Gasteiger partial charge in [-0.2, -0.15) is 0 Å². The summed E-state index contributed by atoms with van der Waals surface area (Å²) in [5, 5.41) is 0. The Labute approximate surface area is 393 Å². The van der Waals surface area contributed by atoms with Crippen molar-refractivity contribution < 1.29 is 51.5 Å². The number of benzene rings is 6. The minimum absolute atomic E-state index is 0.198. The van der Waals surface area contributed by atoms with Crippen LogP contribution < -0.4 is 0 Å². The highest BCUT2D eigenvalue weighted by Crippen LogP contribution is 2.35. The van der Waals surface area contributed by atoms with Crippen molar-refractivity contribution >= 4 is 0 Å². The highest BCUT2D eigenvalue weighted by Gasteiger charge is 2.51. The van der Waals surface area contributed by atoms with E-state index in [9.17, 15) is 2.74 Å².